The van der Waals surface area contributed by atoms with Gasteiger partial charge in [-0.3, -0.25) is 5.32 Å². The van der Waals surface area contributed by atoms with E-state index in [2.05, 4.69) is 10.3 Å². The predicted octanol–water partition coefficient (Wildman–Crippen LogP) is 4.32. The fourth-order valence-electron chi connectivity index (χ4n) is 3.06. The van der Waals surface area contributed by atoms with E-state index >= 15 is 0 Å². The quantitative estimate of drug-likeness (QED) is 0.521. The third-order valence-electron chi connectivity index (χ3n) is 4.89. The first-order valence-electron chi connectivity index (χ1n) is 9.85. The Morgan fingerprint density at radius 3 is 2.79 bits per heavy atom. The summed E-state index contributed by atoms with van der Waals surface area (Å²) in [7, 11) is 0. The number of benzene rings is 1. The lowest BCUT2D eigenvalue weighted by molar-refractivity contribution is 0.139. The van der Waals surface area contributed by atoms with Crippen molar-refractivity contribution in [3.63, 3.8) is 0 Å². The van der Waals surface area contributed by atoms with E-state index in [1.165, 1.54) is 25.1 Å². The summed E-state index contributed by atoms with van der Waals surface area (Å²) in [5.41, 5.74) is 1.09. The van der Waals surface area contributed by atoms with Crippen molar-refractivity contribution in [1.29, 1.82) is 0 Å². The Hall–Kier alpha value is -2.64. The summed E-state index contributed by atoms with van der Waals surface area (Å²) in [6, 6.07) is 8.51. The molecule has 0 aliphatic heterocycles. The van der Waals surface area contributed by atoms with E-state index in [0.29, 0.717) is 29.7 Å². The summed E-state index contributed by atoms with van der Waals surface area (Å²) in [5.74, 6) is 1.83. The molecule has 29 heavy (non-hydrogen) atoms. The number of nitrogens with one attached hydrogen (secondary N) is 1. The molecule has 1 saturated carbocycles. The number of aromatic nitrogens is 1. The van der Waals surface area contributed by atoms with E-state index < -0.39 is 12.0 Å². The molecular weight excluding hydrogens is 375 g/mol. The van der Waals surface area contributed by atoms with Crippen LogP contribution in [-0.4, -0.2) is 22.9 Å². The van der Waals surface area contributed by atoms with Crippen LogP contribution in [0.25, 0.3) is 11.0 Å². The number of aliphatic hydroxyl groups is 1. The van der Waals surface area contributed by atoms with Gasteiger partial charge in [0.15, 0.2) is 0 Å². The molecule has 1 fully saturated rings. The molecule has 0 bridgehead atoms. The minimum atomic E-state index is -0.633. The van der Waals surface area contributed by atoms with Gasteiger partial charge in [0, 0.05) is 23.2 Å². The van der Waals surface area contributed by atoms with Gasteiger partial charge in [-0.1, -0.05) is 0 Å². The number of nitrogens with zero attached hydrogens (tertiary/aromatic N) is 1. The van der Waals surface area contributed by atoms with E-state index in [-0.39, 0.29) is 12.6 Å². The molecule has 3 aromatic rings. The van der Waals surface area contributed by atoms with Crippen LogP contribution in [0.3, 0.4) is 0 Å². The molecule has 154 valence electrons. The van der Waals surface area contributed by atoms with Gasteiger partial charge in [-0.25, -0.2) is 9.37 Å². The summed E-state index contributed by atoms with van der Waals surface area (Å²) >= 11 is 0. The maximum Gasteiger partial charge on any atom is 0.216 e. The average molecular weight is 400 g/mol. The Morgan fingerprint density at radius 2 is 2.07 bits per heavy atom. The lowest BCUT2D eigenvalue weighted by atomic mass is 10.2. The van der Waals surface area contributed by atoms with Gasteiger partial charge in [-0.15, -0.1) is 0 Å². The number of furan rings is 1. The average Bonchev–Trinajstić information content (AvgIpc) is 3.41. The topological polar surface area (TPSA) is 76.8 Å². The van der Waals surface area contributed by atoms with E-state index in [1.54, 1.807) is 13.0 Å². The van der Waals surface area contributed by atoms with Gasteiger partial charge < -0.3 is 19.0 Å². The highest BCUT2D eigenvalue weighted by Crippen LogP contribution is 2.30. The summed E-state index contributed by atoms with van der Waals surface area (Å²) in [5, 5.41) is 13.3. The summed E-state index contributed by atoms with van der Waals surface area (Å²) in [4.78, 5) is 4.16. The monoisotopic (exact) mass is 400 g/mol. The highest BCUT2D eigenvalue weighted by Gasteiger charge is 2.22. The van der Waals surface area contributed by atoms with Gasteiger partial charge in [-0.05, 0) is 56.9 Å². The fourth-order valence-corrected chi connectivity index (χ4v) is 3.06. The molecule has 2 heterocycles. The third-order valence-corrected chi connectivity index (χ3v) is 4.89. The van der Waals surface area contributed by atoms with Crippen LogP contribution >= 0.6 is 0 Å². The van der Waals surface area contributed by atoms with E-state index in [4.69, 9.17) is 13.9 Å². The van der Waals surface area contributed by atoms with Gasteiger partial charge >= 0.3 is 0 Å². The number of hydrogen-bond donors (Lipinski definition) is 2. The van der Waals surface area contributed by atoms with Crippen molar-refractivity contribution in [1.82, 2.24) is 10.3 Å². The Balaban J connectivity index is 1.40. The second kappa shape index (κ2) is 8.39. The number of pyridine rings is 1. The van der Waals surface area contributed by atoms with Crippen molar-refractivity contribution in [3.05, 3.63) is 53.7 Å². The van der Waals surface area contributed by atoms with E-state index in [9.17, 15) is 9.50 Å². The van der Waals surface area contributed by atoms with E-state index in [1.807, 2.05) is 25.1 Å². The Morgan fingerprint density at radius 1 is 1.24 bits per heavy atom. The molecular formula is C22H25FN2O4. The Labute approximate surface area is 168 Å². The maximum atomic E-state index is 14.3. The number of fused-ring (bicyclic) bond motifs is 1. The minimum absolute atomic E-state index is 0.0674. The highest BCUT2D eigenvalue weighted by molar-refractivity contribution is 5.79. The molecule has 0 amide bonds. The molecule has 2 unspecified atom stereocenters. The van der Waals surface area contributed by atoms with Crippen LogP contribution in [0.2, 0.25) is 0 Å². The van der Waals surface area contributed by atoms with E-state index in [0.717, 1.165) is 16.7 Å². The molecule has 0 spiro atoms. The molecule has 7 heteroatoms. The zero-order valence-electron chi connectivity index (χ0n) is 16.5. The first kappa shape index (κ1) is 19.7. The SMILES string of the molecule is CC(O)NC(C)c1cc2cc(OCc3cnc(OCC4CC4)cc3F)ccc2o1. The molecule has 6 nitrogen and oxygen atoms in total. The summed E-state index contributed by atoms with van der Waals surface area (Å²) in [6.45, 7) is 4.23. The van der Waals surface area contributed by atoms with Crippen LogP contribution in [0, 0.1) is 11.7 Å². The predicted molar refractivity (Wildman–Crippen MR) is 106 cm³/mol. The smallest absolute Gasteiger partial charge is 0.216 e. The maximum absolute atomic E-state index is 14.3. The zero-order chi connectivity index (χ0) is 20.4. The van der Waals surface area contributed by atoms with Crippen LogP contribution in [0.1, 0.15) is 44.1 Å². The lowest BCUT2D eigenvalue weighted by Gasteiger charge is -2.12. The second-order valence-electron chi connectivity index (χ2n) is 7.57. The summed E-state index contributed by atoms with van der Waals surface area (Å²) in [6.07, 6.45) is 3.17. The van der Waals surface area contributed by atoms with Crippen molar-refractivity contribution in [2.24, 2.45) is 5.92 Å². The molecule has 2 aromatic heterocycles. The van der Waals surface area contributed by atoms with Crippen molar-refractivity contribution in [3.8, 4) is 11.6 Å². The van der Waals surface area contributed by atoms with Crippen molar-refractivity contribution in [2.45, 2.75) is 45.6 Å². The summed E-state index contributed by atoms with van der Waals surface area (Å²) < 4.78 is 31.4. The third kappa shape index (κ3) is 5.05. The van der Waals surface area contributed by atoms with Gasteiger partial charge in [0.2, 0.25) is 5.88 Å². The first-order valence-corrected chi connectivity index (χ1v) is 9.85. The second-order valence-corrected chi connectivity index (χ2v) is 7.57. The lowest BCUT2D eigenvalue weighted by Crippen LogP contribution is -2.27. The van der Waals surface area contributed by atoms with Crippen molar-refractivity contribution >= 4 is 11.0 Å². The fraction of sp³-hybridized carbons (Fsp3) is 0.409. The molecule has 4 rings (SSSR count). The zero-order valence-corrected chi connectivity index (χ0v) is 16.5. The van der Waals surface area contributed by atoms with Gasteiger partial charge in [0.05, 0.1) is 12.6 Å². The van der Waals surface area contributed by atoms with Crippen LogP contribution in [0.5, 0.6) is 11.6 Å². The van der Waals surface area contributed by atoms with Gasteiger partial charge in [0.25, 0.3) is 0 Å². The normalized spacial score (nSPS) is 16.0. The standard InChI is InChI=1S/C22H25FN2O4/c1-13(25-14(2)26)21-8-16-7-18(5-6-20(16)29-21)27-12-17-10-24-22(9-19(17)23)28-11-15-3-4-15/h5-10,13-15,25-26H,3-4,11-12H2,1-2H3. The largest absolute Gasteiger partial charge is 0.489 e. The Kier molecular flexibility index (Phi) is 5.69. The van der Waals surface area contributed by atoms with Crippen LogP contribution < -0.4 is 14.8 Å². The molecule has 1 aliphatic carbocycles. The molecule has 2 atom stereocenters. The van der Waals surface area contributed by atoms with Crippen LogP contribution in [-0.2, 0) is 6.61 Å². The van der Waals surface area contributed by atoms with Crippen molar-refractivity contribution in [2.75, 3.05) is 6.61 Å². The van der Waals surface area contributed by atoms with Crippen molar-refractivity contribution < 1.29 is 23.4 Å². The number of halogens is 1. The number of aliphatic hydroxyl groups excluding tert-OH is 1. The molecule has 1 aromatic carbocycles. The molecule has 1 aliphatic rings. The first-order chi connectivity index (χ1) is 14.0. The Bertz CT molecular complexity index is 984. The van der Waals surface area contributed by atoms with Crippen LogP contribution in [0.4, 0.5) is 4.39 Å². The number of ether oxygens (including phenoxy) is 2. The molecule has 2 N–H and O–H groups in total. The number of rotatable bonds is 9. The highest BCUT2D eigenvalue weighted by atomic mass is 19.1. The molecule has 0 radical (unpaired) electrons. The van der Waals surface area contributed by atoms with Gasteiger partial charge in [0.1, 0.15) is 35.7 Å². The van der Waals surface area contributed by atoms with Gasteiger partial charge in [-0.2, -0.15) is 0 Å². The molecule has 0 saturated heterocycles. The minimum Gasteiger partial charge on any atom is -0.489 e. The number of hydrogen-bond acceptors (Lipinski definition) is 6. The van der Waals surface area contributed by atoms with Crippen LogP contribution in [0.15, 0.2) is 40.9 Å².